The summed E-state index contributed by atoms with van der Waals surface area (Å²) >= 11 is 3.20. The van der Waals surface area contributed by atoms with Gasteiger partial charge in [0.25, 0.3) is 5.56 Å². The topological polar surface area (TPSA) is 44.1 Å². The largest absolute Gasteiger partial charge is 0.369 e. The molecule has 0 aromatic carbocycles. The van der Waals surface area contributed by atoms with Gasteiger partial charge in [-0.05, 0) is 24.7 Å². The number of fused-ring (bicyclic) bond motifs is 3. The van der Waals surface area contributed by atoms with Gasteiger partial charge < -0.3 is 4.74 Å². The zero-order chi connectivity index (χ0) is 16.6. The minimum absolute atomic E-state index is 0.0590. The molecule has 6 heteroatoms. The standard InChI is InChI=1S/C17H22N2O2S2/c1-5-8-19-15(20)13-11-9-17(4,6-2)21-10-12(11)23-14(13)18-16(19)22-7-3/h5H,1,6-10H2,2-4H3/t17-/m0/s1. The van der Waals surface area contributed by atoms with Crippen LogP contribution in [0.25, 0.3) is 10.2 Å². The number of rotatable bonds is 5. The number of aromatic nitrogens is 2. The Morgan fingerprint density at radius 2 is 2.30 bits per heavy atom. The second-order valence-electron chi connectivity index (χ2n) is 5.98. The molecular weight excluding hydrogens is 328 g/mol. The lowest BCUT2D eigenvalue weighted by atomic mass is 9.90. The van der Waals surface area contributed by atoms with E-state index >= 15 is 0 Å². The van der Waals surface area contributed by atoms with Crippen molar-refractivity contribution in [3.05, 3.63) is 33.4 Å². The van der Waals surface area contributed by atoms with Crippen LogP contribution in [0.4, 0.5) is 0 Å². The van der Waals surface area contributed by atoms with Gasteiger partial charge in [0.1, 0.15) is 4.83 Å². The Morgan fingerprint density at radius 3 is 2.96 bits per heavy atom. The molecule has 0 saturated carbocycles. The highest BCUT2D eigenvalue weighted by atomic mass is 32.2. The van der Waals surface area contributed by atoms with Gasteiger partial charge in [-0.2, -0.15) is 0 Å². The summed E-state index contributed by atoms with van der Waals surface area (Å²) in [6, 6.07) is 0. The van der Waals surface area contributed by atoms with Crippen LogP contribution in [0.1, 0.15) is 37.6 Å². The van der Waals surface area contributed by atoms with Crippen molar-refractivity contribution in [2.24, 2.45) is 0 Å². The Morgan fingerprint density at radius 1 is 1.52 bits per heavy atom. The molecule has 23 heavy (non-hydrogen) atoms. The summed E-state index contributed by atoms with van der Waals surface area (Å²) in [5, 5.41) is 1.57. The lowest BCUT2D eigenvalue weighted by Crippen LogP contribution is -2.34. The fraction of sp³-hybridized carbons (Fsp3) is 0.529. The quantitative estimate of drug-likeness (QED) is 0.464. The number of thioether (sulfide) groups is 1. The second-order valence-corrected chi connectivity index (χ2v) is 8.30. The van der Waals surface area contributed by atoms with Crippen molar-refractivity contribution in [2.45, 2.75) is 57.5 Å². The van der Waals surface area contributed by atoms with Crippen molar-refractivity contribution in [3.8, 4) is 0 Å². The van der Waals surface area contributed by atoms with Gasteiger partial charge in [0.2, 0.25) is 0 Å². The molecule has 1 aliphatic heterocycles. The van der Waals surface area contributed by atoms with E-state index in [9.17, 15) is 4.79 Å². The van der Waals surface area contributed by atoms with Crippen LogP contribution in [0.15, 0.2) is 22.6 Å². The Hall–Kier alpha value is -1.11. The van der Waals surface area contributed by atoms with Crippen LogP contribution in [0.5, 0.6) is 0 Å². The van der Waals surface area contributed by atoms with Crippen LogP contribution in [-0.2, 0) is 24.3 Å². The minimum Gasteiger partial charge on any atom is -0.369 e. The molecule has 0 aliphatic carbocycles. The maximum atomic E-state index is 13.1. The average molecular weight is 351 g/mol. The van der Waals surface area contributed by atoms with Crippen molar-refractivity contribution in [1.29, 1.82) is 0 Å². The van der Waals surface area contributed by atoms with E-state index < -0.39 is 0 Å². The smallest absolute Gasteiger partial charge is 0.263 e. The first-order valence-electron chi connectivity index (χ1n) is 7.95. The van der Waals surface area contributed by atoms with Gasteiger partial charge in [-0.3, -0.25) is 9.36 Å². The maximum absolute atomic E-state index is 13.1. The van der Waals surface area contributed by atoms with Crippen molar-refractivity contribution < 1.29 is 4.74 Å². The van der Waals surface area contributed by atoms with Crippen LogP contribution >= 0.6 is 23.1 Å². The fourth-order valence-corrected chi connectivity index (χ4v) is 4.77. The highest BCUT2D eigenvalue weighted by Crippen LogP contribution is 2.38. The van der Waals surface area contributed by atoms with E-state index in [0.717, 1.165) is 44.4 Å². The zero-order valence-electron chi connectivity index (χ0n) is 13.8. The zero-order valence-corrected chi connectivity index (χ0v) is 15.5. The Bertz CT molecular complexity index is 809. The molecule has 3 rings (SSSR count). The molecule has 0 saturated heterocycles. The molecule has 0 radical (unpaired) electrons. The van der Waals surface area contributed by atoms with Crippen LogP contribution < -0.4 is 5.56 Å². The summed E-state index contributed by atoms with van der Waals surface area (Å²) in [7, 11) is 0. The molecule has 1 atom stereocenters. The van der Waals surface area contributed by atoms with Gasteiger partial charge in [-0.15, -0.1) is 17.9 Å². The molecular formula is C17H22N2O2S2. The number of hydrogen-bond donors (Lipinski definition) is 0. The van der Waals surface area contributed by atoms with Gasteiger partial charge in [0.15, 0.2) is 5.16 Å². The first kappa shape index (κ1) is 16.7. The molecule has 0 unspecified atom stereocenters. The van der Waals surface area contributed by atoms with E-state index in [2.05, 4.69) is 27.4 Å². The van der Waals surface area contributed by atoms with E-state index in [1.54, 1.807) is 33.7 Å². The normalized spacial score (nSPS) is 20.7. The van der Waals surface area contributed by atoms with Gasteiger partial charge in [0.05, 0.1) is 17.6 Å². The number of thiophene rings is 1. The van der Waals surface area contributed by atoms with Crippen molar-refractivity contribution in [1.82, 2.24) is 9.55 Å². The number of ether oxygens (including phenoxy) is 1. The molecule has 4 nitrogen and oxygen atoms in total. The first-order chi connectivity index (χ1) is 11.0. The molecule has 1 aliphatic rings. The predicted molar refractivity (Wildman–Crippen MR) is 97.7 cm³/mol. The van der Waals surface area contributed by atoms with Gasteiger partial charge in [-0.25, -0.2) is 4.98 Å². The predicted octanol–water partition coefficient (Wildman–Crippen LogP) is 4.00. The highest BCUT2D eigenvalue weighted by Gasteiger charge is 2.33. The minimum atomic E-state index is -0.187. The number of hydrogen-bond acceptors (Lipinski definition) is 5. The van der Waals surface area contributed by atoms with E-state index in [0.29, 0.717) is 13.2 Å². The molecule has 0 spiro atoms. The maximum Gasteiger partial charge on any atom is 0.263 e. The molecule has 2 aromatic heterocycles. The van der Waals surface area contributed by atoms with E-state index in [4.69, 9.17) is 9.72 Å². The van der Waals surface area contributed by atoms with Crippen LogP contribution in [-0.4, -0.2) is 20.9 Å². The summed E-state index contributed by atoms with van der Waals surface area (Å²) < 4.78 is 7.76. The van der Waals surface area contributed by atoms with Crippen LogP contribution in [0.2, 0.25) is 0 Å². The van der Waals surface area contributed by atoms with E-state index in [1.165, 1.54) is 0 Å². The van der Waals surface area contributed by atoms with E-state index in [1.807, 2.05) is 0 Å². The Labute approximate surface area is 144 Å². The van der Waals surface area contributed by atoms with Crippen LogP contribution in [0.3, 0.4) is 0 Å². The van der Waals surface area contributed by atoms with Gasteiger partial charge in [-0.1, -0.05) is 31.7 Å². The monoisotopic (exact) mass is 350 g/mol. The molecule has 0 N–H and O–H groups in total. The number of nitrogens with zero attached hydrogens (tertiary/aromatic N) is 2. The lowest BCUT2D eigenvalue weighted by Gasteiger charge is -2.32. The fourth-order valence-electron chi connectivity index (χ4n) is 2.89. The molecule has 124 valence electrons. The number of allylic oxidation sites excluding steroid dienone is 1. The summed E-state index contributed by atoms with van der Waals surface area (Å²) in [6.07, 6.45) is 3.47. The molecule has 0 amide bonds. The van der Waals surface area contributed by atoms with Gasteiger partial charge >= 0.3 is 0 Å². The first-order valence-corrected chi connectivity index (χ1v) is 9.76. The second kappa shape index (κ2) is 6.42. The summed E-state index contributed by atoms with van der Waals surface area (Å²) in [5.74, 6) is 0.886. The molecule has 3 heterocycles. The lowest BCUT2D eigenvalue weighted by molar-refractivity contribution is -0.0543. The van der Waals surface area contributed by atoms with Gasteiger partial charge in [0, 0.05) is 17.8 Å². The molecule has 0 fully saturated rings. The SMILES string of the molecule is C=CCn1c(SCC)nc2sc3c(c2c1=O)C[C@](C)(CC)OC3. The third-order valence-electron chi connectivity index (χ3n) is 4.39. The summed E-state index contributed by atoms with van der Waals surface area (Å²) in [6.45, 7) is 11.2. The van der Waals surface area contributed by atoms with Crippen LogP contribution in [0, 0.1) is 0 Å². The Balaban J connectivity index is 2.23. The third-order valence-corrected chi connectivity index (χ3v) is 6.35. The van der Waals surface area contributed by atoms with Crippen molar-refractivity contribution >= 4 is 33.3 Å². The summed E-state index contributed by atoms with van der Waals surface area (Å²) in [4.78, 5) is 19.8. The average Bonchev–Trinajstić information content (AvgIpc) is 2.88. The van der Waals surface area contributed by atoms with Crippen molar-refractivity contribution in [3.63, 3.8) is 0 Å². The van der Waals surface area contributed by atoms with Crippen molar-refractivity contribution in [2.75, 3.05) is 5.75 Å². The van der Waals surface area contributed by atoms with E-state index in [-0.39, 0.29) is 11.2 Å². The molecule has 0 bridgehead atoms. The molecule has 2 aromatic rings. The summed E-state index contributed by atoms with van der Waals surface area (Å²) in [5.41, 5.74) is 1.01. The third kappa shape index (κ3) is 2.88. The Kier molecular flexibility index (Phi) is 4.67. The highest BCUT2D eigenvalue weighted by molar-refractivity contribution is 7.99.